The van der Waals surface area contributed by atoms with Crippen LogP contribution in [0, 0.1) is 57.2 Å². The van der Waals surface area contributed by atoms with Crippen molar-refractivity contribution >= 4 is 11.9 Å². The molecule has 6 aliphatic rings. The first-order valence-corrected chi connectivity index (χ1v) is 27.6. The van der Waals surface area contributed by atoms with E-state index < -0.39 is 23.0 Å². The van der Waals surface area contributed by atoms with Gasteiger partial charge in [-0.3, -0.25) is 9.59 Å². The maximum Gasteiger partial charge on any atom is 0.312 e. The second-order valence-electron chi connectivity index (χ2n) is 23.9. The van der Waals surface area contributed by atoms with Crippen molar-refractivity contribution in [3.8, 4) is 22.6 Å². The number of aliphatic hydroxyl groups is 2. The number of aliphatic hydroxyl groups excluding tert-OH is 2. The molecular formula is C62H86O10. The number of hydrogen-bond acceptors (Lipinski definition) is 10. The average molecular weight is 991 g/mol. The van der Waals surface area contributed by atoms with Gasteiger partial charge < -0.3 is 38.6 Å². The van der Waals surface area contributed by atoms with Crippen molar-refractivity contribution in [1.82, 2.24) is 0 Å². The normalized spacial score (nSPS) is 30.8. The van der Waals surface area contributed by atoms with E-state index in [-0.39, 0.29) is 74.2 Å². The molecule has 2 N–H and O–H groups in total. The van der Waals surface area contributed by atoms with Crippen molar-refractivity contribution in [3.63, 3.8) is 0 Å². The van der Waals surface area contributed by atoms with E-state index in [1.807, 2.05) is 48.5 Å². The highest BCUT2D eigenvalue weighted by Gasteiger charge is 2.59. The van der Waals surface area contributed by atoms with Gasteiger partial charge in [-0.05, 0) is 171 Å². The second kappa shape index (κ2) is 23.1. The number of carbonyl (C=O) groups is 2. The van der Waals surface area contributed by atoms with Crippen LogP contribution in [0.1, 0.15) is 132 Å². The molecule has 0 radical (unpaired) electrons. The molecule has 0 spiro atoms. The number of carbonyl (C=O) groups excluding carboxylic acids is 2. The molecule has 6 aliphatic carbocycles. The van der Waals surface area contributed by atoms with Crippen molar-refractivity contribution < 1.29 is 48.2 Å². The van der Waals surface area contributed by atoms with Crippen LogP contribution in [-0.2, 0) is 28.5 Å². The zero-order valence-corrected chi connectivity index (χ0v) is 44.8. The lowest BCUT2D eigenvalue weighted by atomic mass is 9.47. The molecular weight excluding hydrogens is 905 g/mol. The summed E-state index contributed by atoms with van der Waals surface area (Å²) in [5.74, 6) is 3.56. The maximum absolute atomic E-state index is 13.7. The molecule has 0 bridgehead atoms. The molecule has 10 atom stereocenters. The predicted octanol–water partition coefficient (Wildman–Crippen LogP) is 12.2. The topological polar surface area (TPSA) is 130 Å². The summed E-state index contributed by atoms with van der Waals surface area (Å²) < 4.78 is 34.9. The standard InChI is InChI=1S/C62H86O10/c1-41(2)45-15-23-53-47(35-45)17-25-55-59(53,5)27-9-29-61(55,7)57(65)71-39-49(63)37-67-31-33-69-51-19-11-43(12-20-51)44-13-21-52(22-14-44)70-34-32-68-38-50(64)40-72-58(66)62(8)30-10-28-60(6)54-24-16-46(42(3)4)36-48(54)18-26-56(60)62/h11-14,17-22,35-36,41-42,49-50,53-56,63-64H,9-10,15-16,23-34,37-40H2,1-8H3. The molecule has 0 saturated heterocycles. The molecule has 2 aromatic carbocycles. The number of rotatable bonds is 21. The minimum absolute atomic E-state index is 0.0533. The highest BCUT2D eigenvalue weighted by atomic mass is 16.6. The molecule has 0 amide bonds. The van der Waals surface area contributed by atoms with Gasteiger partial charge in [0.1, 0.15) is 50.1 Å². The molecule has 2 fully saturated rings. The minimum atomic E-state index is -0.916. The van der Waals surface area contributed by atoms with Gasteiger partial charge in [0.25, 0.3) is 0 Å². The van der Waals surface area contributed by atoms with E-state index in [0.29, 0.717) is 48.4 Å². The first kappa shape index (κ1) is 54.1. The first-order valence-electron chi connectivity index (χ1n) is 27.6. The van der Waals surface area contributed by atoms with Crippen LogP contribution in [0.2, 0.25) is 0 Å². The van der Waals surface area contributed by atoms with E-state index in [1.165, 1.54) is 22.3 Å². The Balaban J connectivity index is 0.686. The molecule has 0 aromatic heterocycles. The lowest BCUT2D eigenvalue weighted by Gasteiger charge is -2.57. The van der Waals surface area contributed by atoms with E-state index in [9.17, 15) is 19.8 Å². The largest absolute Gasteiger partial charge is 0.491 e. The van der Waals surface area contributed by atoms with Crippen LogP contribution in [-0.4, -0.2) is 87.2 Å². The fourth-order valence-corrected chi connectivity index (χ4v) is 14.3. The van der Waals surface area contributed by atoms with Crippen molar-refractivity contribution in [2.45, 2.75) is 145 Å². The smallest absolute Gasteiger partial charge is 0.312 e. The van der Waals surface area contributed by atoms with Gasteiger partial charge in [0.2, 0.25) is 0 Å². The van der Waals surface area contributed by atoms with Crippen molar-refractivity contribution in [2.75, 3.05) is 52.9 Å². The van der Waals surface area contributed by atoms with Crippen LogP contribution in [0.25, 0.3) is 11.1 Å². The van der Waals surface area contributed by atoms with E-state index >= 15 is 0 Å². The van der Waals surface area contributed by atoms with Crippen molar-refractivity contribution in [2.24, 2.45) is 57.2 Å². The SMILES string of the molecule is CC(C)C1=CC2=CCC3C(C)(C(=O)OCC(O)COCCOc4ccc(-c5ccc(OCCOCC(O)COC(=O)C6(C)CCCC7(C)C8CCC(C(C)C)=CC8=CCC67)cc5)cc4)CCCC3(C)C2CC1. The molecule has 8 rings (SSSR count). The van der Waals surface area contributed by atoms with Crippen LogP contribution < -0.4 is 9.47 Å². The molecule has 10 heteroatoms. The summed E-state index contributed by atoms with van der Waals surface area (Å²) in [6.07, 6.45) is 20.1. The molecule has 2 saturated carbocycles. The Morgan fingerprint density at radius 1 is 0.556 bits per heavy atom. The predicted molar refractivity (Wildman–Crippen MR) is 282 cm³/mol. The Labute approximate surface area is 431 Å². The van der Waals surface area contributed by atoms with Gasteiger partial charge >= 0.3 is 11.9 Å². The average Bonchev–Trinajstić information content (AvgIpc) is 3.36. The number of hydrogen-bond donors (Lipinski definition) is 2. The van der Waals surface area contributed by atoms with Crippen LogP contribution in [0.4, 0.5) is 0 Å². The third-order valence-corrected chi connectivity index (χ3v) is 18.6. The molecule has 394 valence electrons. The monoisotopic (exact) mass is 991 g/mol. The summed E-state index contributed by atoms with van der Waals surface area (Å²) in [5.41, 5.74) is 7.05. The second-order valence-corrected chi connectivity index (χ2v) is 23.9. The molecule has 0 heterocycles. The number of fused-ring (bicyclic) bond motifs is 6. The number of benzene rings is 2. The van der Waals surface area contributed by atoms with Gasteiger partial charge in [-0.25, -0.2) is 0 Å². The Kier molecular flexibility index (Phi) is 17.4. The summed E-state index contributed by atoms with van der Waals surface area (Å²) in [6.45, 7) is 19.2. The van der Waals surface area contributed by atoms with Crippen LogP contribution >= 0.6 is 0 Å². The van der Waals surface area contributed by atoms with Gasteiger partial charge in [0.15, 0.2) is 0 Å². The van der Waals surface area contributed by atoms with Gasteiger partial charge in [-0.15, -0.1) is 0 Å². The summed E-state index contributed by atoms with van der Waals surface area (Å²) in [4.78, 5) is 27.5. The van der Waals surface area contributed by atoms with Crippen LogP contribution in [0.3, 0.4) is 0 Å². The van der Waals surface area contributed by atoms with E-state index in [1.54, 1.807) is 0 Å². The number of esters is 2. The van der Waals surface area contributed by atoms with E-state index in [2.05, 4.69) is 79.7 Å². The fourth-order valence-electron chi connectivity index (χ4n) is 14.3. The zero-order valence-electron chi connectivity index (χ0n) is 44.8. The van der Waals surface area contributed by atoms with Gasteiger partial charge in [-0.1, -0.05) is 114 Å². The summed E-state index contributed by atoms with van der Waals surface area (Å²) in [6, 6.07) is 15.7. The van der Waals surface area contributed by atoms with E-state index in [0.717, 1.165) is 88.2 Å². The fraction of sp³-hybridized carbons (Fsp3) is 0.645. The Hall–Kier alpha value is -4.22. The lowest BCUT2D eigenvalue weighted by molar-refractivity contribution is -0.173. The highest BCUT2D eigenvalue weighted by molar-refractivity contribution is 5.78. The Morgan fingerprint density at radius 2 is 0.944 bits per heavy atom. The molecule has 10 unspecified atom stereocenters. The third-order valence-electron chi connectivity index (χ3n) is 18.6. The quantitative estimate of drug-likeness (QED) is 0.0921. The Morgan fingerprint density at radius 3 is 1.32 bits per heavy atom. The first-order chi connectivity index (χ1) is 34.4. The lowest BCUT2D eigenvalue weighted by Crippen LogP contribution is -2.53. The molecule has 2 aromatic rings. The van der Waals surface area contributed by atoms with Gasteiger partial charge in [-0.2, -0.15) is 0 Å². The minimum Gasteiger partial charge on any atom is -0.491 e. The number of allylic oxidation sites excluding steroid dienone is 8. The summed E-state index contributed by atoms with van der Waals surface area (Å²) in [7, 11) is 0. The molecule has 72 heavy (non-hydrogen) atoms. The van der Waals surface area contributed by atoms with Gasteiger partial charge in [0, 0.05) is 0 Å². The summed E-state index contributed by atoms with van der Waals surface area (Å²) >= 11 is 0. The molecule has 10 nitrogen and oxygen atoms in total. The highest BCUT2D eigenvalue weighted by Crippen LogP contribution is 2.64. The van der Waals surface area contributed by atoms with E-state index in [4.69, 9.17) is 28.4 Å². The number of ether oxygens (including phenoxy) is 6. The third kappa shape index (κ3) is 11.7. The van der Waals surface area contributed by atoms with Crippen LogP contribution in [0.5, 0.6) is 11.5 Å². The van der Waals surface area contributed by atoms with Gasteiger partial charge in [0.05, 0.1) is 37.3 Å². The van der Waals surface area contributed by atoms with Crippen molar-refractivity contribution in [3.05, 3.63) is 95.1 Å². The Bertz CT molecular complexity index is 2150. The molecule has 0 aliphatic heterocycles. The van der Waals surface area contributed by atoms with Crippen molar-refractivity contribution in [1.29, 1.82) is 0 Å². The van der Waals surface area contributed by atoms with Crippen LogP contribution in [0.15, 0.2) is 95.1 Å². The zero-order chi connectivity index (χ0) is 51.3. The maximum atomic E-state index is 13.7. The summed E-state index contributed by atoms with van der Waals surface area (Å²) in [5, 5.41) is 21.4.